The van der Waals surface area contributed by atoms with E-state index < -0.39 is 182 Å². The van der Waals surface area contributed by atoms with Crippen molar-refractivity contribution in [3.8, 4) is 0 Å². The summed E-state index contributed by atoms with van der Waals surface area (Å²) in [5.74, 6) is -13.6. The first-order valence-electron chi connectivity index (χ1n) is 34.1. The second-order valence-electron chi connectivity index (χ2n) is 26.2. The predicted octanol–water partition coefficient (Wildman–Crippen LogP) is -2.10. The summed E-state index contributed by atoms with van der Waals surface area (Å²) in [7, 11) is 0. The van der Waals surface area contributed by atoms with Gasteiger partial charge < -0.3 is 90.9 Å². The van der Waals surface area contributed by atoms with Crippen molar-refractivity contribution in [1.82, 2.24) is 73.7 Å². The summed E-state index contributed by atoms with van der Waals surface area (Å²) >= 11 is 6.24. The predicted molar refractivity (Wildman–Crippen MR) is 379 cm³/mol. The topological polar surface area (TPSA) is 493 Å². The molecule has 0 radical (unpaired) electrons. The Labute approximate surface area is 598 Å². The smallest absolute Gasteiger partial charge is 0.245 e. The minimum absolute atomic E-state index is 0.0183. The number of nitrogens with zero attached hydrogens (tertiary/aromatic N) is 2. The molecule has 5 aromatic rings. The average Bonchev–Trinajstić information content (AvgIpc) is 1.40. The molecule has 32 nitrogen and oxygen atoms in total. The lowest BCUT2D eigenvalue weighted by Crippen LogP contribution is -2.61. The van der Waals surface area contributed by atoms with Crippen molar-refractivity contribution in [2.75, 3.05) is 32.7 Å². The highest BCUT2D eigenvalue weighted by Crippen LogP contribution is 2.24. The van der Waals surface area contributed by atoms with Crippen LogP contribution in [0.1, 0.15) is 95.2 Å². The Morgan fingerprint density at radius 1 is 0.602 bits per heavy atom. The van der Waals surface area contributed by atoms with E-state index in [-0.39, 0.29) is 76.3 Å². The number of halogens is 1. The Balaban J connectivity index is 1.23. The number of carbonyl (C=O) groups excluding carboxylic acids is 14. The third kappa shape index (κ3) is 22.9. The van der Waals surface area contributed by atoms with E-state index in [1.807, 2.05) is 18.2 Å². The van der Waals surface area contributed by atoms with Gasteiger partial charge in [0.25, 0.3) is 0 Å². The van der Waals surface area contributed by atoms with Crippen molar-refractivity contribution >= 4 is 122 Å². The minimum Gasteiger partial charge on any atom is -0.370 e. The minimum atomic E-state index is -2.03. The third-order valence-corrected chi connectivity index (χ3v) is 18.0. The molecule has 10 atom stereocenters. The Bertz CT molecular complexity index is 4010. The van der Waals surface area contributed by atoms with E-state index in [0.717, 1.165) is 17.7 Å². The highest BCUT2D eigenvalue weighted by Gasteiger charge is 2.41. The molecular weight excluding hydrogens is 1350 g/mol. The first-order chi connectivity index (χ1) is 49.2. The van der Waals surface area contributed by atoms with Crippen LogP contribution in [-0.2, 0) is 86.4 Å². The maximum atomic E-state index is 15.4. The van der Waals surface area contributed by atoms with E-state index in [9.17, 15) is 43.2 Å². The van der Waals surface area contributed by atoms with Gasteiger partial charge in [-0.15, -0.1) is 0 Å². The molecule has 2 bridgehead atoms. The SMILES string of the molecule is CC(=O)N[C@@H]1CCC(=O)NCC(=O)NCC[C@H]2NC(=O)[C@@H](CC(=O)NC[C@H](C(N)=O)NC(=O)[C@H]3CCCN3C(=O)[C@H](CCCN=C(N)N)NC(=O)[C@@H](CC(C)C)NC(=O)[C@@H](Cc3ccc4ccccc4c3)NC2=O)NC(=O)[C@@H](Cc2c[nH]c3ccccc23)NC(=O)[C@H](Cc2ccc(Cl)cc2)NC1=O. The van der Waals surface area contributed by atoms with Gasteiger partial charge in [0, 0.05) is 80.9 Å². The number of hydrogen-bond donors (Lipinski definition) is 16. The van der Waals surface area contributed by atoms with Crippen molar-refractivity contribution in [3.63, 3.8) is 0 Å². The number of aromatic nitrogens is 1. The number of aliphatic imine (C=N–C) groups is 1. The molecule has 1 aromatic heterocycles. The molecule has 0 aliphatic carbocycles. The van der Waals surface area contributed by atoms with Crippen molar-refractivity contribution in [2.24, 2.45) is 28.1 Å². The van der Waals surface area contributed by atoms with Gasteiger partial charge in [0.2, 0.25) is 82.7 Å². The number of carbonyl (C=O) groups is 14. The number of aromatic amines is 1. The van der Waals surface area contributed by atoms with Crippen molar-refractivity contribution < 1.29 is 67.1 Å². The second-order valence-corrected chi connectivity index (χ2v) is 26.6. The zero-order chi connectivity index (χ0) is 74.4. The van der Waals surface area contributed by atoms with E-state index in [2.05, 4.69) is 73.8 Å². The van der Waals surface area contributed by atoms with Gasteiger partial charge >= 0.3 is 0 Å². The van der Waals surface area contributed by atoms with Crippen LogP contribution in [0.4, 0.5) is 0 Å². The van der Waals surface area contributed by atoms with E-state index >= 15 is 24.0 Å². The second kappa shape index (κ2) is 36.9. The number of fused-ring (bicyclic) bond motifs is 6. The molecule has 3 aliphatic rings. The van der Waals surface area contributed by atoms with Gasteiger partial charge in [-0.3, -0.25) is 72.1 Å². The van der Waals surface area contributed by atoms with Gasteiger partial charge in [-0.1, -0.05) is 98.2 Å². The Hall–Kier alpha value is -11.2. The van der Waals surface area contributed by atoms with Crippen molar-refractivity contribution in [1.29, 1.82) is 0 Å². The summed E-state index contributed by atoms with van der Waals surface area (Å²) in [6.45, 7) is 2.93. The fourth-order valence-electron chi connectivity index (χ4n) is 12.4. The zero-order valence-corrected chi connectivity index (χ0v) is 58.1. The van der Waals surface area contributed by atoms with Crippen LogP contribution >= 0.6 is 11.6 Å². The lowest BCUT2D eigenvalue weighted by Gasteiger charge is -2.31. The number of H-pyrrole nitrogens is 1. The van der Waals surface area contributed by atoms with E-state index in [0.29, 0.717) is 39.0 Å². The monoisotopic (exact) mass is 1440 g/mol. The maximum absolute atomic E-state index is 15.4. The van der Waals surface area contributed by atoms with Crippen LogP contribution in [0, 0.1) is 5.92 Å². The molecule has 3 aliphatic heterocycles. The number of benzene rings is 4. The number of primary amides is 1. The van der Waals surface area contributed by atoms with Crippen molar-refractivity contribution in [2.45, 2.75) is 158 Å². The fraction of sp³-hybridized carbons (Fsp3) is 0.443. The quantitative estimate of drug-likeness (QED) is 0.0322. The van der Waals surface area contributed by atoms with Gasteiger partial charge in [-0.25, -0.2) is 0 Å². The molecule has 103 heavy (non-hydrogen) atoms. The molecule has 4 heterocycles. The summed E-state index contributed by atoms with van der Waals surface area (Å²) in [5.41, 5.74) is 19.1. The van der Waals surface area contributed by atoms with Gasteiger partial charge in [0.15, 0.2) is 5.96 Å². The number of para-hydroxylation sites is 1. The Morgan fingerprint density at radius 2 is 1.21 bits per heavy atom. The third-order valence-electron chi connectivity index (χ3n) is 17.7. The van der Waals surface area contributed by atoms with Crippen LogP contribution in [-0.4, -0.2) is 192 Å². The van der Waals surface area contributed by atoms with Crippen molar-refractivity contribution in [3.05, 3.63) is 119 Å². The van der Waals surface area contributed by atoms with E-state index in [1.54, 1.807) is 80.7 Å². The number of amides is 14. The maximum Gasteiger partial charge on any atom is 0.245 e. The Morgan fingerprint density at radius 3 is 1.92 bits per heavy atom. The van der Waals surface area contributed by atoms with Gasteiger partial charge in [0.1, 0.15) is 60.4 Å². The lowest BCUT2D eigenvalue weighted by atomic mass is 9.98. The largest absolute Gasteiger partial charge is 0.370 e. The number of hydrogen-bond acceptors (Lipinski definition) is 15. The highest BCUT2D eigenvalue weighted by atomic mass is 35.5. The van der Waals surface area contributed by atoms with Crippen LogP contribution in [0.25, 0.3) is 21.7 Å². The summed E-state index contributed by atoms with van der Waals surface area (Å²) in [6, 6.07) is 10.1. The van der Waals surface area contributed by atoms with E-state index in [4.69, 9.17) is 28.8 Å². The van der Waals surface area contributed by atoms with Crippen LogP contribution in [0.5, 0.6) is 0 Å². The average molecular weight is 1440 g/mol. The normalized spacial score (nSPS) is 24.0. The number of guanidine groups is 1. The molecular formula is C70H89ClN18O14. The van der Waals surface area contributed by atoms with E-state index in [1.165, 1.54) is 17.0 Å². The summed E-state index contributed by atoms with van der Waals surface area (Å²) in [6.07, 6.45) is -1.07. The molecule has 3 saturated heterocycles. The van der Waals surface area contributed by atoms with Crippen LogP contribution in [0.3, 0.4) is 0 Å². The van der Waals surface area contributed by atoms with Crippen LogP contribution in [0.2, 0.25) is 5.02 Å². The summed E-state index contributed by atoms with van der Waals surface area (Å²) in [4.78, 5) is 210. The van der Waals surface area contributed by atoms with Crippen LogP contribution in [0.15, 0.2) is 102 Å². The summed E-state index contributed by atoms with van der Waals surface area (Å²) < 4.78 is 0. The molecule has 19 N–H and O–H groups in total. The molecule has 8 rings (SSSR count). The van der Waals surface area contributed by atoms with Crippen LogP contribution < -0.4 is 81.0 Å². The summed E-state index contributed by atoms with van der Waals surface area (Å²) in [5, 5.41) is 33.9. The molecule has 14 amide bonds. The molecule has 3 fully saturated rings. The molecule has 33 heteroatoms. The van der Waals surface area contributed by atoms with Gasteiger partial charge in [-0.2, -0.15) is 0 Å². The Kier molecular flexibility index (Phi) is 27.8. The molecule has 4 aromatic carbocycles. The first kappa shape index (κ1) is 77.6. The standard InChI is InChI=1S/C70H89ClN18O14/c1-37(2)28-50-63(97)82-49(14-8-25-76-70(73)74)69(103)89-27-9-15-56(89)68(102)88-55(60(72)94)35-78-58(92)33-54-67(101)81-48(62(96)85-52(65(99)83-50)31-40-16-19-41-10-4-5-11-42(41)29-40)24-26-75-59(93)36-79-57(91)23-22-47(80-38(3)90)61(95)84-51(30-39-17-20-44(71)21-18-39)64(98)86-53(66(100)87-54)32-43-34-77-46-13-7-6-12-45(43)46/h4-7,10-13,16-21,29,34,37,47-56,77H,8-9,14-15,22-28,30-33,35-36H2,1-3H3,(H2,72,94)(H,75,93)(H,78,92)(H,79,91)(H,80,90)(H,81,101)(H,82,97)(H,83,99)(H,84,95)(H,85,96)(H,86,98)(H,87,100)(H,88,102)(H4,73,74,76)/t47-,48-,49+,50-,51+,52-,53-,54-,55-,56-/m1/s1. The first-order valence-corrected chi connectivity index (χ1v) is 34.5. The fourth-order valence-corrected chi connectivity index (χ4v) is 12.5. The number of nitrogens with one attached hydrogen (secondary N) is 13. The highest BCUT2D eigenvalue weighted by molar-refractivity contribution is 6.30. The van der Waals surface area contributed by atoms with Gasteiger partial charge in [0.05, 0.1) is 13.0 Å². The molecule has 0 unspecified atom stereocenters. The lowest BCUT2D eigenvalue weighted by molar-refractivity contribution is -0.142. The molecule has 0 saturated carbocycles. The zero-order valence-electron chi connectivity index (χ0n) is 57.3. The number of rotatable bonds is 14. The van der Waals surface area contributed by atoms with Gasteiger partial charge in [-0.05, 0) is 96.5 Å². The number of nitrogens with two attached hydrogens (primary N) is 3. The molecule has 550 valence electrons. The molecule has 0 spiro atoms.